The van der Waals surface area contributed by atoms with Gasteiger partial charge in [-0.25, -0.2) is 0 Å². The lowest BCUT2D eigenvalue weighted by atomic mass is 10.1. The zero-order valence-electron chi connectivity index (χ0n) is 20.2. The molecule has 0 atom stereocenters. The first kappa shape index (κ1) is 25.2. The minimum atomic E-state index is -0.242. The van der Waals surface area contributed by atoms with Gasteiger partial charge in [0, 0.05) is 48.1 Å². The number of alkyl halides is 1. The number of pyridine rings is 1. The molecule has 8 heteroatoms. The molecule has 0 bridgehead atoms. The van der Waals surface area contributed by atoms with Crippen molar-refractivity contribution in [3.63, 3.8) is 0 Å². The van der Waals surface area contributed by atoms with Crippen molar-refractivity contribution in [2.24, 2.45) is 0 Å². The molecule has 1 amide bonds. The number of aromatic nitrogens is 1. The van der Waals surface area contributed by atoms with Gasteiger partial charge in [0.1, 0.15) is 11.6 Å². The molecule has 1 aliphatic heterocycles. The van der Waals surface area contributed by atoms with Gasteiger partial charge in [0.25, 0.3) is 11.5 Å². The van der Waals surface area contributed by atoms with Crippen LogP contribution in [-0.4, -0.2) is 67.1 Å². The molecule has 1 fully saturated rings. The number of nitriles is 1. The molecule has 4 rings (SSSR count). The quantitative estimate of drug-likeness (QED) is 0.313. The normalized spacial score (nSPS) is 13.9. The maximum Gasteiger partial charge on any atom is 0.271 e. The van der Waals surface area contributed by atoms with E-state index in [4.69, 9.17) is 0 Å². The number of carbonyl (C=O) groups excluding carboxylic acids is 1. The number of benzene rings is 2. The molecule has 2 heterocycles. The van der Waals surface area contributed by atoms with Crippen LogP contribution in [0, 0.1) is 11.3 Å². The highest BCUT2D eigenvalue weighted by molar-refractivity contribution is 14.1. The fraction of sp³-hybridized carbons (Fsp3) is 0.370. The van der Waals surface area contributed by atoms with Crippen LogP contribution in [0.5, 0.6) is 0 Å². The minimum Gasteiger partial charge on any atom is -0.366 e. The lowest BCUT2D eigenvalue weighted by Crippen LogP contribution is -2.49. The van der Waals surface area contributed by atoms with E-state index in [2.05, 4.69) is 38.5 Å². The Morgan fingerprint density at radius 2 is 1.74 bits per heavy atom. The molecule has 0 N–H and O–H groups in total. The van der Waals surface area contributed by atoms with Gasteiger partial charge in [0.05, 0.1) is 11.2 Å². The molecule has 1 aliphatic rings. The van der Waals surface area contributed by atoms with Crippen LogP contribution >= 0.6 is 22.6 Å². The van der Waals surface area contributed by atoms with Crippen molar-refractivity contribution in [3.8, 4) is 6.07 Å². The molecule has 0 unspecified atom stereocenters. The first-order chi connectivity index (χ1) is 16.9. The Morgan fingerprint density at radius 3 is 2.37 bits per heavy atom. The number of rotatable bonds is 7. The summed E-state index contributed by atoms with van der Waals surface area (Å²) in [6.07, 6.45) is 0.820. The number of para-hydroxylation sites is 1. The molecular formula is C27H30IN5O2. The second kappa shape index (κ2) is 11.2. The summed E-state index contributed by atoms with van der Waals surface area (Å²) in [4.78, 5) is 32.5. The van der Waals surface area contributed by atoms with Crippen LogP contribution < -0.4 is 10.5 Å². The lowest BCUT2D eigenvalue weighted by molar-refractivity contribution is 0.0747. The molecular weight excluding hydrogens is 553 g/mol. The summed E-state index contributed by atoms with van der Waals surface area (Å²) in [6, 6.07) is 17.8. The van der Waals surface area contributed by atoms with E-state index < -0.39 is 0 Å². The average Bonchev–Trinajstić information content (AvgIpc) is 2.89. The Labute approximate surface area is 219 Å². The molecule has 0 aliphatic carbocycles. The molecule has 35 heavy (non-hydrogen) atoms. The van der Waals surface area contributed by atoms with Gasteiger partial charge in [-0.3, -0.25) is 9.59 Å². The van der Waals surface area contributed by atoms with Crippen molar-refractivity contribution in [3.05, 3.63) is 75.6 Å². The van der Waals surface area contributed by atoms with Gasteiger partial charge in [-0.2, -0.15) is 5.26 Å². The van der Waals surface area contributed by atoms with E-state index in [1.807, 2.05) is 67.5 Å². The van der Waals surface area contributed by atoms with E-state index in [1.165, 1.54) is 5.56 Å². The summed E-state index contributed by atoms with van der Waals surface area (Å²) in [7, 11) is 4.02. The molecule has 0 radical (unpaired) electrons. The molecule has 1 saturated heterocycles. The predicted octanol–water partition coefficient (Wildman–Crippen LogP) is 3.72. The van der Waals surface area contributed by atoms with Crippen LogP contribution in [0.15, 0.2) is 53.3 Å². The van der Waals surface area contributed by atoms with E-state index >= 15 is 0 Å². The number of nitrogens with zero attached hydrogens (tertiary/aromatic N) is 5. The monoisotopic (exact) mass is 583 g/mol. The maximum absolute atomic E-state index is 13.4. The average molecular weight is 583 g/mol. The number of hydrogen-bond acceptors (Lipinski definition) is 5. The van der Waals surface area contributed by atoms with Crippen molar-refractivity contribution in [2.45, 2.75) is 17.4 Å². The third-order valence-electron chi connectivity index (χ3n) is 6.48. The van der Waals surface area contributed by atoms with Crippen LogP contribution in [0.1, 0.15) is 27.9 Å². The Kier molecular flexibility index (Phi) is 8.08. The highest BCUT2D eigenvalue weighted by atomic mass is 127. The number of carbonyl (C=O) groups is 1. The van der Waals surface area contributed by atoms with Crippen LogP contribution in [0.2, 0.25) is 0 Å². The lowest BCUT2D eigenvalue weighted by Gasteiger charge is -2.37. The number of piperazine rings is 1. The Hall–Kier alpha value is -2.90. The van der Waals surface area contributed by atoms with E-state index in [1.54, 1.807) is 4.57 Å². The van der Waals surface area contributed by atoms with Crippen LogP contribution in [0.3, 0.4) is 0 Å². The third-order valence-corrected chi connectivity index (χ3v) is 7.36. The van der Waals surface area contributed by atoms with Crippen molar-refractivity contribution >= 4 is 45.1 Å². The maximum atomic E-state index is 13.4. The highest BCUT2D eigenvalue weighted by Gasteiger charge is 2.27. The number of aryl methyl sites for hydroxylation is 1. The number of hydrogen-bond donors (Lipinski definition) is 0. The summed E-state index contributed by atoms with van der Waals surface area (Å²) in [5, 5.41) is 10.9. The SMILES string of the molecule is CN(C)CCCn1c(=O)c(C#N)c(N2CCN(C(=O)c3ccc(CI)cc3)CC2)c2ccccc21. The Morgan fingerprint density at radius 1 is 1.06 bits per heavy atom. The van der Waals surface area contributed by atoms with Crippen molar-refractivity contribution < 1.29 is 4.79 Å². The summed E-state index contributed by atoms with van der Waals surface area (Å²) in [5.74, 6) is 0.0198. The molecule has 2 aromatic carbocycles. The first-order valence-corrected chi connectivity index (χ1v) is 13.4. The second-order valence-corrected chi connectivity index (χ2v) is 9.84. The van der Waals surface area contributed by atoms with Crippen LogP contribution in [-0.2, 0) is 11.0 Å². The minimum absolute atomic E-state index is 0.0198. The highest BCUT2D eigenvalue weighted by Crippen LogP contribution is 2.30. The topological polar surface area (TPSA) is 72.6 Å². The fourth-order valence-electron chi connectivity index (χ4n) is 4.64. The molecule has 7 nitrogen and oxygen atoms in total. The Balaban J connectivity index is 1.60. The zero-order chi connectivity index (χ0) is 24.9. The molecule has 0 spiro atoms. The van der Waals surface area contributed by atoms with E-state index in [0.717, 1.165) is 28.3 Å². The van der Waals surface area contributed by atoms with Gasteiger partial charge in [-0.1, -0.05) is 52.9 Å². The summed E-state index contributed by atoms with van der Waals surface area (Å²) in [6.45, 7) is 3.64. The third kappa shape index (κ3) is 5.36. The fourth-order valence-corrected chi connectivity index (χ4v) is 5.15. The van der Waals surface area contributed by atoms with Crippen molar-refractivity contribution in [1.82, 2.24) is 14.4 Å². The van der Waals surface area contributed by atoms with Gasteiger partial charge in [-0.05, 0) is 50.8 Å². The van der Waals surface area contributed by atoms with E-state index in [-0.39, 0.29) is 17.0 Å². The molecule has 0 saturated carbocycles. The number of anilines is 1. The van der Waals surface area contributed by atoms with Crippen LogP contribution in [0.25, 0.3) is 10.9 Å². The summed E-state index contributed by atoms with van der Waals surface area (Å²) in [5.41, 5.74) is 3.36. The standard InChI is InChI=1S/C27H30IN5O2/c1-30(2)12-5-13-33-24-7-4-3-6-22(24)25(23(19-29)27(33)35)31-14-16-32(17-15-31)26(34)21-10-8-20(18-28)9-11-21/h3-4,6-11H,5,12-18H2,1-2H3. The second-order valence-electron chi connectivity index (χ2n) is 9.08. The van der Waals surface area contributed by atoms with Gasteiger partial charge in [0.15, 0.2) is 0 Å². The van der Waals surface area contributed by atoms with Gasteiger partial charge in [-0.15, -0.1) is 0 Å². The summed E-state index contributed by atoms with van der Waals surface area (Å²) >= 11 is 2.31. The van der Waals surface area contributed by atoms with E-state index in [9.17, 15) is 14.9 Å². The van der Waals surface area contributed by atoms with Gasteiger partial charge >= 0.3 is 0 Å². The smallest absolute Gasteiger partial charge is 0.271 e. The number of amides is 1. The molecule has 3 aromatic rings. The van der Waals surface area contributed by atoms with Gasteiger partial charge in [0.2, 0.25) is 0 Å². The zero-order valence-corrected chi connectivity index (χ0v) is 22.4. The van der Waals surface area contributed by atoms with Crippen molar-refractivity contribution in [2.75, 3.05) is 51.7 Å². The van der Waals surface area contributed by atoms with Crippen molar-refractivity contribution in [1.29, 1.82) is 5.26 Å². The molecule has 1 aromatic heterocycles. The number of halogens is 1. The predicted molar refractivity (Wildman–Crippen MR) is 148 cm³/mol. The number of fused-ring (bicyclic) bond motifs is 1. The van der Waals surface area contributed by atoms with E-state index in [0.29, 0.717) is 44.0 Å². The largest absolute Gasteiger partial charge is 0.366 e. The Bertz CT molecular complexity index is 1300. The summed E-state index contributed by atoms with van der Waals surface area (Å²) < 4.78 is 2.65. The van der Waals surface area contributed by atoms with Gasteiger partial charge < -0.3 is 19.3 Å². The molecule has 182 valence electrons. The first-order valence-electron chi connectivity index (χ1n) is 11.8. The van der Waals surface area contributed by atoms with Crippen LogP contribution in [0.4, 0.5) is 5.69 Å².